The molecule has 1 aliphatic heterocycles. The number of hydrogen-bond donors (Lipinski definition) is 2. The van der Waals surface area contributed by atoms with Crippen LogP contribution in [0.3, 0.4) is 0 Å². The molecule has 0 unspecified atom stereocenters. The van der Waals surface area contributed by atoms with Gasteiger partial charge in [0.15, 0.2) is 0 Å². The van der Waals surface area contributed by atoms with Crippen LogP contribution in [0, 0.1) is 6.92 Å². The molecule has 0 radical (unpaired) electrons. The van der Waals surface area contributed by atoms with Crippen molar-refractivity contribution in [2.75, 3.05) is 23.3 Å². The monoisotopic (exact) mass is 393 g/mol. The van der Waals surface area contributed by atoms with Crippen molar-refractivity contribution in [3.63, 3.8) is 0 Å². The van der Waals surface area contributed by atoms with E-state index in [4.69, 9.17) is 0 Å². The van der Waals surface area contributed by atoms with Crippen molar-refractivity contribution in [1.82, 2.24) is 5.32 Å². The average Bonchev–Trinajstić information content (AvgIpc) is 2.74. The quantitative estimate of drug-likeness (QED) is 0.743. The molecule has 1 aliphatic rings. The Morgan fingerprint density at radius 2 is 1.69 bits per heavy atom. The summed E-state index contributed by atoms with van der Waals surface area (Å²) in [5.74, 6) is -0.268. The number of aryl methyl sites for hydroxylation is 1. The summed E-state index contributed by atoms with van der Waals surface area (Å²) < 4.78 is 0. The van der Waals surface area contributed by atoms with Crippen molar-refractivity contribution >= 4 is 23.2 Å². The molecule has 29 heavy (non-hydrogen) atoms. The molecule has 5 nitrogen and oxygen atoms in total. The first-order valence-electron chi connectivity index (χ1n) is 10.6. The van der Waals surface area contributed by atoms with Crippen LogP contribution in [0.2, 0.25) is 0 Å². The van der Waals surface area contributed by atoms with E-state index in [0.717, 1.165) is 43.6 Å². The first-order chi connectivity index (χ1) is 14.0. The van der Waals surface area contributed by atoms with Gasteiger partial charge < -0.3 is 15.5 Å². The summed E-state index contributed by atoms with van der Waals surface area (Å²) in [5.41, 5.74) is 3.90. The molecule has 1 atom stereocenters. The number of nitrogens with zero attached hydrogens (tertiary/aromatic N) is 1. The molecular weight excluding hydrogens is 362 g/mol. The van der Waals surface area contributed by atoms with Crippen molar-refractivity contribution in [2.24, 2.45) is 0 Å². The number of benzene rings is 2. The molecular formula is C24H31N3O2. The maximum atomic E-state index is 13.0. The number of carbonyl (C=O) groups is 2. The fourth-order valence-corrected chi connectivity index (χ4v) is 3.52. The Morgan fingerprint density at radius 1 is 1.00 bits per heavy atom. The Morgan fingerprint density at radius 3 is 2.34 bits per heavy atom. The lowest BCUT2D eigenvalue weighted by atomic mass is 10.0. The molecule has 0 aromatic heterocycles. The van der Waals surface area contributed by atoms with Crippen molar-refractivity contribution in [3.8, 4) is 0 Å². The number of rotatable bonds is 6. The van der Waals surface area contributed by atoms with Gasteiger partial charge in [-0.15, -0.1) is 0 Å². The third-order valence-corrected chi connectivity index (χ3v) is 5.50. The fraction of sp³-hybridized carbons (Fsp3) is 0.417. The van der Waals surface area contributed by atoms with Gasteiger partial charge in [-0.05, 0) is 69.9 Å². The van der Waals surface area contributed by atoms with Gasteiger partial charge >= 0.3 is 0 Å². The van der Waals surface area contributed by atoms with Crippen LogP contribution in [-0.4, -0.2) is 30.9 Å². The van der Waals surface area contributed by atoms with Gasteiger partial charge in [0.25, 0.3) is 11.8 Å². The minimum absolute atomic E-state index is 0.0913. The maximum absolute atomic E-state index is 13.0. The van der Waals surface area contributed by atoms with Crippen LogP contribution in [0.4, 0.5) is 11.4 Å². The van der Waals surface area contributed by atoms with Gasteiger partial charge in [0.05, 0.1) is 5.56 Å². The molecule has 0 saturated carbocycles. The normalized spacial score (nSPS) is 14.9. The van der Waals surface area contributed by atoms with Gasteiger partial charge in [-0.3, -0.25) is 9.59 Å². The van der Waals surface area contributed by atoms with Gasteiger partial charge in [0.2, 0.25) is 0 Å². The van der Waals surface area contributed by atoms with Crippen LogP contribution in [0.5, 0.6) is 0 Å². The zero-order valence-electron chi connectivity index (χ0n) is 17.6. The smallest absolute Gasteiger partial charge is 0.255 e. The van der Waals surface area contributed by atoms with Crippen LogP contribution < -0.4 is 15.5 Å². The topological polar surface area (TPSA) is 61.4 Å². The molecule has 5 heteroatoms. The summed E-state index contributed by atoms with van der Waals surface area (Å²) in [4.78, 5) is 27.8. The second kappa shape index (κ2) is 9.59. The summed E-state index contributed by atoms with van der Waals surface area (Å²) in [7, 11) is 0. The van der Waals surface area contributed by atoms with E-state index in [-0.39, 0.29) is 17.9 Å². The molecule has 1 heterocycles. The zero-order valence-corrected chi connectivity index (χ0v) is 17.6. The van der Waals surface area contributed by atoms with Gasteiger partial charge in [-0.25, -0.2) is 0 Å². The van der Waals surface area contributed by atoms with Crippen molar-refractivity contribution in [3.05, 3.63) is 59.2 Å². The number of carbonyl (C=O) groups excluding carboxylic acids is 2. The standard InChI is InChI=1S/C24H31N3O2/c1-4-18(3)25-24(29)21-16-20(12-13-22(21)27-14-6-5-7-15-27)26-23(28)19-10-8-17(2)9-11-19/h8-13,16,18H,4-7,14-15H2,1-3H3,(H,25,29)(H,26,28)/t18-/m1/s1. The third kappa shape index (κ3) is 5.37. The Labute approximate surface area is 173 Å². The van der Waals surface area contributed by atoms with Crippen molar-refractivity contribution in [2.45, 2.75) is 52.5 Å². The molecule has 3 rings (SSSR count). The Balaban J connectivity index is 1.86. The molecule has 154 valence electrons. The number of piperidine rings is 1. The lowest BCUT2D eigenvalue weighted by molar-refractivity contribution is 0.0938. The number of hydrogen-bond acceptors (Lipinski definition) is 3. The van der Waals surface area contributed by atoms with Gasteiger partial charge in [-0.2, -0.15) is 0 Å². The number of anilines is 2. The van der Waals surface area contributed by atoms with Crippen LogP contribution >= 0.6 is 0 Å². The number of amides is 2. The highest BCUT2D eigenvalue weighted by Gasteiger charge is 2.20. The minimum atomic E-state index is -0.177. The summed E-state index contributed by atoms with van der Waals surface area (Å²) in [6, 6.07) is 13.2. The highest BCUT2D eigenvalue weighted by atomic mass is 16.2. The molecule has 0 aliphatic carbocycles. The third-order valence-electron chi connectivity index (χ3n) is 5.50. The van der Waals surface area contributed by atoms with Crippen LogP contribution in [0.25, 0.3) is 0 Å². The average molecular weight is 394 g/mol. The van der Waals surface area contributed by atoms with Gasteiger partial charge in [-0.1, -0.05) is 24.6 Å². The number of nitrogens with one attached hydrogen (secondary N) is 2. The van der Waals surface area contributed by atoms with E-state index in [2.05, 4.69) is 22.5 Å². The molecule has 1 fully saturated rings. The van der Waals surface area contributed by atoms with E-state index >= 15 is 0 Å². The molecule has 2 aromatic carbocycles. The van der Waals surface area contributed by atoms with E-state index in [1.54, 1.807) is 6.07 Å². The highest BCUT2D eigenvalue weighted by molar-refractivity contribution is 6.06. The lowest BCUT2D eigenvalue weighted by Gasteiger charge is -2.31. The van der Waals surface area contributed by atoms with Crippen LogP contribution in [-0.2, 0) is 0 Å². The van der Waals surface area contributed by atoms with E-state index in [1.165, 1.54) is 6.42 Å². The van der Waals surface area contributed by atoms with Crippen LogP contribution in [0.1, 0.15) is 65.8 Å². The van der Waals surface area contributed by atoms with Crippen molar-refractivity contribution in [1.29, 1.82) is 0 Å². The summed E-state index contributed by atoms with van der Waals surface area (Å²) in [5, 5.41) is 6.00. The fourth-order valence-electron chi connectivity index (χ4n) is 3.52. The second-order valence-electron chi connectivity index (χ2n) is 7.88. The molecule has 0 bridgehead atoms. The highest BCUT2D eigenvalue weighted by Crippen LogP contribution is 2.27. The lowest BCUT2D eigenvalue weighted by Crippen LogP contribution is -2.35. The predicted molar refractivity (Wildman–Crippen MR) is 119 cm³/mol. The molecule has 1 saturated heterocycles. The van der Waals surface area contributed by atoms with E-state index < -0.39 is 0 Å². The maximum Gasteiger partial charge on any atom is 0.255 e. The Kier molecular flexibility index (Phi) is 6.91. The van der Waals surface area contributed by atoms with Crippen molar-refractivity contribution < 1.29 is 9.59 Å². The van der Waals surface area contributed by atoms with E-state index in [9.17, 15) is 9.59 Å². The Bertz CT molecular complexity index is 855. The zero-order chi connectivity index (χ0) is 20.8. The second-order valence-corrected chi connectivity index (χ2v) is 7.88. The Hall–Kier alpha value is -2.82. The first-order valence-corrected chi connectivity index (χ1v) is 10.6. The first kappa shape index (κ1) is 20.9. The van der Waals surface area contributed by atoms with Crippen LogP contribution in [0.15, 0.2) is 42.5 Å². The summed E-state index contributed by atoms with van der Waals surface area (Å²) in [6.07, 6.45) is 4.38. The predicted octanol–water partition coefficient (Wildman–Crippen LogP) is 4.77. The summed E-state index contributed by atoms with van der Waals surface area (Å²) in [6.45, 7) is 7.96. The molecule has 2 N–H and O–H groups in total. The SMILES string of the molecule is CC[C@@H](C)NC(=O)c1cc(NC(=O)c2ccc(C)cc2)ccc1N1CCCCC1. The van der Waals surface area contributed by atoms with Gasteiger partial charge in [0, 0.05) is 36.1 Å². The molecule has 0 spiro atoms. The minimum Gasteiger partial charge on any atom is -0.371 e. The van der Waals surface area contributed by atoms with Gasteiger partial charge in [0.1, 0.15) is 0 Å². The van der Waals surface area contributed by atoms with E-state index in [0.29, 0.717) is 16.8 Å². The summed E-state index contributed by atoms with van der Waals surface area (Å²) >= 11 is 0. The largest absolute Gasteiger partial charge is 0.371 e. The molecule has 2 amide bonds. The van der Waals surface area contributed by atoms with E-state index in [1.807, 2.05) is 50.2 Å². The molecule has 2 aromatic rings.